The molecule has 0 aliphatic rings. The largest absolute Gasteiger partial charge is 0.468 e. The first-order chi connectivity index (χ1) is 8.15. The first-order valence-corrected chi connectivity index (χ1v) is 6.49. The Labute approximate surface area is 112 Å². The standard InChI is InChI=1S/C11H22BrNO4/c1-15-7-4-5-13(6-8-16-2)9-10(12)11(14)17-3/h10H,4-9H2,1-3H3. The average Bonchev–Trinajstić information content (AvgIpc) is 2.34. The third-order valence-corrected chi connectivity index (χ3v) is 2.97. The molecule has 0 rings (SSSR count). The predicted molar refractivity (Wildman–Crippen MR) is 69.5 cm³/mol. The minimum Gasteiger partial charge on any atom is -0.468 e. The number of methoxy groups -OCH3 is 3. The number of alkyl halides is 1. The smallest absolute Gasteiger partial charge is 0.320 e. The molecule has 0 saturated heterocycles. The maximum absolute atomic E-state index is 11.3. The summed E-state index contributed by atoms with van der Waals surface area (Å²) in [6.45, 7) is 3.64. The second-order valence-corrected chi connectivity index (χ2v) is 4.74. The summed E-state index contributed by atoms with van der Waals surface area (Å²) < 4.78 is 14.7. The van der Waals surface area contributed by atoms with Crippen LogP contribution in [0, 0.1) is 0 Å². The highest BCUT2D eigenvalue weighted by molar-refractivity contribution is 9.10. The first-order valence-electron chi connectivity index (χ1n) is 5.57. The molecule has 0 aliphatic carbocycles. The lowest BCUT2D eigenvalue weighted by Crippen LogP contribution is -2.37. The van der Waals surface area contributed by atoms with E-state index in [4.69, 9.17) is 9.47 Å². The highest BCUT2D eigenvalue weighted by Gasteiger charge is 2.18. The van der Waals surface area contributed by atoms with Crippen molar-refractivity contribution in [3.63, 3.8) is 0 Å². The quantitative estimate of drug-likeness (QED) is 0.341. The van der Waals surface area contributed by atoms with Gasteiger partial charge in [-0.15, -0.1) is 0 Å². The second kappa shape index (κ2) is 11.0. The molecule has 0 heterocycles. The molecule has 1 atom stereocenters. The normalized spacial score (nSPS) is 12.8. The topological polar surface area (TPSA) is 48.0 Å². The van der Waals surface area contributed by atoms with E-state index in [1.807, 2.05) is 0 Å². The molecule has 0 aliphatic heterocycles. The number of hydrogen-bond acceptors (Lipinski definition) is 5. The van der Waals surface area contributed by atoms with E-state index in [9.17, 15) is 4.79 Å². The SMILES string of the molecule is COCCCN(CCOC)CC(Br)C(=O)OC. The van der Waals surface area contributed by atoms with Gasteiger partial charge in [-0.1, -0.05) is 15.9 Å². The third-order valence-electron chi connectivity index (χ3n) is 2.31. The van der Waals surface area contributed by atoms with Gasteiger partial charge in [-0.2, -0.15) is 0 Å². The molecule has 0 spiro atoms. The monoisotopic (exact) mass is 311 g/mol. The number of hydrogen-bond donors (Lipinski definition) is 0. The summed E-state index contributed by atoms with van der Waals surface area (Å²) in [5, 5.41) is 0. The van der Waals surface area contributed by atoms with E-state index in [2.05, 4.69) is 25.6 Å². The van der Waals surface area contributed by atoms with Crippen molar-refractivity contribution < 1.29 is 19.0 Å². The maximum Gasteiger partial charge on any atom is 0.320 e. The minimum absolute atomic E-state index is 0.251. The van der Waals surface area contributed by atoms with Gasteiger partial charge in [-0.25, -0.2) is 0 Å². The van der Waals surface area contributed by atoms with E-state index in [-0.39, 0.29) is 10.8 Å². The molecule has 0 amide bonds. The van der Waals surface area contributed by atoms with Crippen LogP contribution in [-0.4, -0.2) is 69.9 Å². The van der Waals surface area contributed by atoms with Gasteiger partial charge in [0.25, 0.3) is 0 Å². The summed E-state index contributed by atoms with van der Waals surface area (Å²) in [5.41, 5.74) is 0. The lowest BCUT2D eigenvalue weighted by atomic mass is 10.3. The van der Waals surface area contributed by atoms with Crippen molar-refractivity contribution in [1.82, 2.24) is 4.90 Å². The van der Waals surface area contributed by atoms with Crippen LogP contribution in [0.5, 0.6) is 0 Å². The molecule has 1 unspecified atom stereocenters. The van der Waals surface area contributed by atoms with Gasteiger partial charge in [0.05, 0.1) is 13.7 Å². The molecule has 102 valence electrons. The van der Waals surface area contributed by atoms with Crippen LogP contribution in [0.4, 0.5) is 0 Å². The summed E-state index contributed by atoms with van der Waals surface area (Å²) in [7, 11) is 4.74. The fourth-order valence-electron chi connectivity index (χ4n) is 1.38. The van der Waals surface area contributed by atoms with Crippen LogP contribution in [0.25, 0.3) is 0 Å². The Kier molecular flexibility index (Phi) is 10.8. The zero-order chi connectivity index (χ0) is 13.1. The second-order valence-electron chi connectivity index (χ2n) is 3.63. The molecular weight excluding hydrogens is 290 g/mol. The van der Waals surface area contributed by atoms with Crippen molar-refractivity contribution >= 4 is 21.9 Å². The molecule has 0 aromatic carbocycles. The van der Waals surface area contributed by atoms with E-state index < -0.39 is 0 Å². The van der Waals surface area contributed by atoms with Crippen LogP contribution in [0.3, 0.4) is 0 Å². The molecule has 17 heavy (non-hydrogen) atoms. The molecule has 0 saturated carbocycles. The lowest BCUT2D eigenvalue weighted by molar-refractivity contribution is -0.140. The van der Waals surface area contributed by atoms with Gasteiger partial charge in [-0.3, -0.25) is 9.69 Å². The Balaban J connectivity index is 4.02. The molecule has 0 N–H and O–H groups in total. The maximum atomic E-state index is 11.3. The van der Waals surface area contributed by atoms with Crippen molar-refractivity contribution in [2.45, 2.75) is 11.2 Å². The average molecular weight is 312 g/mol. The summed E-state index contributed by atoms with van der Waals surface area (Å²) in [4.78, 5) is 13.2. The number of carbonyl (C=O) groups excluding carboxylic acids is 1. The molecule has 0 bridgehead atoms. The van der Waals surface area contributed by atoms with Crippen molar-refractivity contribution in [2.75, 3.05) is 54.2 Å². The fourth-order valence-corrected chi connectivity index (χ4v) is 1.97. The Morgan fingerprint density at radius 3 is 2.35 bits per heavy atom. The molecule has 5 nitrogen and oxygen atoms in total. The van der Waals surface area contributed by atoms with Crippen LogP contribution in [0.2, 0.25) is 0 Å². The van der Waals surface area contributed by atoms with Gasteiger partial charge in [-0.05, 0) is 6.42 Å². The number of halogens is 1. The third kappa shape index (κ3) is 8.54. The summed E-state index contributed by atoms with van der Waals surface area (Å²) in [5.74, 6) is -0.251. The zero-order valence-corrected chi connectivity index (χ0v) is 12.4. The van der Waals surface area contributed by atoms with Crippen LogP contribution >= 0.6 is 15.9 Å². The Bertz CT molecular complexity index is 204. The molecule has 0 aromatic rings. The first kappa shape index (κ1) is 16.8. The van der Waals surface area contributed by atoms with E-state index in [0.717, 1.165) is 19.5 Å². The van der Waals surface area contributed by atoms with Gasteiger partial charge >= 0.3 is 5.97 Å². The lowest BCUT2D eigenvalue weighted by Gasteiger charge is -2.23. The molecular formula is C11H22BrNO4. The molecule has 0 radical (unpaired) electrons. The Hall–Kier alpha value is -0.170. The number of ether oxygens (including phenoxy) is 3. The summed E-state index contributed by atoms with van der Waals surface area (Å²) in [6, 6.07) is 0. The highest BCUT2D eigenvalue weighted by Crippen LogP contribution is 2.06. The van der Waals surface area contributed by atoms with Gasteiger partial charge in [0.1, 0.15) is 4.83 Å². The molecule has 0 fully saturated rings. The number of esters is 1. The van der Waals surface area contributed by atoms with E-state index >= 15 is 0 Å². The van der Waals surface area contributed by atoms with E-state index in [1.165, 1.54) is 7.11 Å². The number of nitrogens with zero attached hydrogens (tertiary/aromatic N) is 1. The van der Waals surface area contributed by atoms with Crippen molar-refractivity contribution in [1.29, 1.82) is 0 Å². The minimum atomic E-state index is -0.299. The molecule has 0 aromatic heterocycles. The zero-order valence-electron chi connectivity index (χ0n) is 10.8. The Morgan fingerprint density at radius 1 is 1.18 bits per heavy atom. The Morgan fingerprint density at radius 2 is 1.82 bits per heavy atom. The van der Waals surface area contributed by atoms with Gasteiger partial charge < -0.3 is 14.2 Å². The van der Waals surface area contributed by atoms with Crippen molar-refractivity contribution in [3.8, 4) is 0 Å². The van der Waals surface area contributed by atoms with Gasteiger partial charge in [0.15, 0.2) is 0 Å². The van der Waals surface area contributed by atoms with Crippen LogP contribution in [0.1, 0.15) is 6.42 Å². The summed E-state index contributed by atoms with van der Waals surface area (Å²) in [6.07, 6.45) is 0.932. The van der Waals surface area contributed by atoms with Crippen molar-refractivity contribution in [2.24, 2.45) is 0 Å². The fraction of sp³-hybridized carbons (Fsp3) is 0.909. The van der Waals surface area contributed by atoms with Crippen molar-refractivity contribution in [3.05, 3.63) is 0 Å². The van der Waals surface area contributed by atoms with Crippen LogP contribution < -0.4 is 0 Å². The van der Waals surface area contributed by atoms with Gasteiger partial charge in [0, 0.05) is 40.5 Å². The number of carbonyl (C=O) groups is 1. The van der Waals surface area contributed by atoms with E-state index in [1.54, 1.807) is 14.2 Å². The molecule has 6 heteroatoms. The predicted octanol–water partition coefficient (Wildman–Crippen LogP) is 0.908. The number of rotatable bonds is 10. The summed E-state index contributed by atoms with van der Waals surface area (Å²) >= 11 is 3.32. The van der Waals surface area contributed by atoms with E-state index in [0.29, 0.717) is 19.8 Å². The highest BCUT2D eigenvalue weighted by atomic mass is 79.9. The van der Waals surface area contributed by atoms with Gasteiger partial charge in [0.2, 0.25) is 0 Å². The van der Waals surface area contributed by atoms with Crippen LogP contribution in [0.15, 0.2) is 0 Å². The van der Waals surface area contributed by atoms with Crippen LogP contribution in [-0.2, 0) is 19.0 Å².